The molecule has 0 amide bonds. The van der Waals surface area contributed by atoms with Crippen LogP contribution in [0.5, 0.6) is 0 Å². The summed E-state index contributed by atoms with van der Waals surface area (Å²) in [4.78, 5) is 4.08. The first-order valence-corrected chi connectivity index (χ1v) is 2.94. The molecule has 1 rings (SSSR count). The van der Waals surface area contributed by atoms with Crippen LogP contribution < -0.4 is 0 Å². The Morgan fingerprint density at radius 1 is 1.67 bits per heavy atom. The lowest BCUT2D eigenvalue weighted by atomic mass is 10.5. The van der Waals surface area contributed by atoms with Crippen LogP contribution in [0.25, 0.3) is 6.08 Å². The monoisotopic (exact) mass is 122 g/mol. The van der Waals surface area contributed by atoms with Gasteiger partial charge in [0.2, 0.25) is 0 Å². The molecule has 1 aromatic rings. The Balaban J connectivity index is 2.94. The summed E-state index contributed by atoms with van der Waals surface area (Å²) in [6.45, 7) is 1.98. The third-order valence-electron chi connectivity index (χ3n) is 1.17. The molecule has 9 heavy (non-hydrogen) atoms. The average molecular weight is 122 g/mol. The molecule has 0 unspecified atom stereocenters. The number of allylic oxidation sites excluding steroid dienone is 1. The van der Waals surface area contributed by atoms with Crippen LogP contribution in [0.15, 0.2) is 18.5 Å². The maximum Gasteiger partial charge on any atom is 0.131 e. The zero-order chi connectivity index (χ0) is 6.69. The predicted molar refractivity (Wildman–Crippen MR) is 37.9 cm³/mol. The quantitative estimate of drug-likeness (QED) is 0.551. The Hall–Kier alpha value is -1.05. The Bertz CT molecular complexity index is 210. The first-order valence-electron chi connectivity index (χ1n) is 2.94. The third-order valence-corrected chi connectivity index (χ3v) is 1.17. The van der Waals surface area contributed by atoms with E-state index in [0.717, 1.165) is 5.82 Å². The largest absolute Gasteiger partial charge is 0.335 e. The van der Waals surface area contributed by atoms with E-state index in [-0.39, 0.29) is 0 Å². The zero-order valence-corrected chi connectivity index (χ0v) is 5.70. The summed E-state index contributed by atoms with van der Waals surface area (Å²) < 4.78 is 1.97. The van der Waals surface area contributed by atoms with Gasteiger partial charge in [-0.25, -0.2) is 4.98 Å². The van der Waals surface area contributed by atoms with Crippen LogP contribution in [0.2, 0.25) is 0 Å². The van der Waals surface area contributed by atoms with E-state index < -0.39 is 0 Å². The molecule has 2 heteroatoms. The highest BCUT2D eigenvalue weighted by atomic mass is 15.0. The molecule has 0 saturated carbocycles. The molecule has 0 saturated heterocycles. The molecule has 0 aliphatic carbocycles. The predicted octanol–water partition coefficient (Wildman–Crippen LogP) is 1.45. The van der Waals surface area contributed by atoms with Crippen molar-refractivity contribution in [2.45, 2.75) is 6.92 Å². The lowest BCUT2D eigenvalue weighted by molar-refractivity contribution is 0.897. The summed E-state index contributed by atoms with van der Waals surface area (Å²) in [7, 11) is 1.97. The lowest BCUT2D eigenvalue weighted by Crippen LogP contribution is -1.87. The number of aromatic nitrogens is 2. The lowest BCUT2D eigenvalue weighted by Gasteiger charge is -1.90. The highest BCUT2D eigenvalue weighted by Crippen LogP contribution is 1.95. The van der Waals surface area contributed by atoms with Crippen LogP contribution in [0.3, 0.4) is 0 Å². The van der Waals surface area contributed by atoms with Crippen LogP contribution in [0.1, 0.15) is 12.7 Å². The summed E-state index contributed by atoms with van der Waals surface area (Å²) in [5.74, 6) is 0.998. The number of rotatable bonds is 1. The van der Waals surface area contributed by atoms with E-state index in [1.54, 1.807) is 6.20 Å². The van der Waals surface area contributed by atoms with Crippen molar-refractivity contribution in [2.24, 2.45) is 7.05 Å². The molecule has 0 bridgehead atoms. The van der Waals surface area contributed by atoms with Crippen molar-refractivity contribution in [3.63, 3.8) is 0 Å². The van der Waals surface area contributed by atoms with Crippen LogP contribution in [-0.2, 0) is 7.05 Å². The Labute approximate surface area is 54.8 Å². The smallest absolute Gasteiger partial charge is 0.131 e. The van der Waals surface area contributed by atoms with Crippen LogP contribution >= 0.6 is 0 Å². The van der Waals surface area contributed by atoms with Gasteiger partial charge < -0.3 is 4.57 Å². The van der Waals surface area contributed by atoms with E-state index in [1.165, 1.54) is 0 Å². The molecule has 0 N–H and O–H groups in total. The Morgan fingerprint density at radius 3 is 2.89 bits per heavy atom. The van der Waals surface area contributed by atoms with Gasteiger partial charge in [-0.15, -0.1) is 0 Å². The number of aryl methyl sites for hydroxylation is 1. The zero-order valence-electron chi connectivity index (χ0n) is 5.70. The first kappa shape index (κ1) is 6.08. The van der Waals surface area contributed by atoms with Gasteiger partial charge in [-0.2, -0.15) is 0 Å². The molecule has 0 atom stereocenters. The van der Waals surface area contributed by atoms with Crippen molar-refractivity contribution in [3.05, 3.63) is 24.3 Å². The van der Waals surface area contributed by atoms with Gasteiger partial charge in [-0.05, 0) is 13.0 Å². The normalized spacial score (nSPS) is 10.9. The van der Waals surface area contributed by atoms with Crippen molar-refractivity contribution in [2.75, 3.05) is 0 Å². The first-order chi connectivity index (χ1) is 4.34. The number of nitrogens with zero attached hydrogens (tertiary/aromatic N) is 2. The fourth-order valence-corrected chi connectivity index (χ4v) is 0.687. The maximum atomic E-state index is 4.08. The van der Waals surface area contributed by atoms with Crippen molar-refractivity contribution >= 4 is 6.08 Å². The fourth-order valence-electron chi connectivity index (χ4n) is 0.687. The van der Waals surface area contributed by atoms with Gasteiger partial charge in [0.15, 0.2) is 0 Å². The van der Waals surface area contributed by atoms with Crippen molar-refractivity contribution in [1.82, 2.24) is 9.55 Å². The van der Waals surface area contributed by atoms with E-state index in [9.17, 15) is 0 Å². The fraction of sp³-hybridized carbons (Fsp3) is 0.286. The minimum atomic E-state index is 0.998. The van der Waals surface area contributed by atoms with Crippen LogP contribution in [0, 0.1) is 0 Å². The maximum absolute atomic E-state index is 4.08. The van der Waals surface area contributed by atoms with Gasteiger partial charge in [-0.1, -0.05) is 6.08 Å². The van der Waals surface area contributed by atoms with Gasteiger partial charge in [0.25, 0.3) is 0 Å². The average Bonchev–Trinajstić information content (AvgIpc) is 2.18. The van der Waals surface area contributed by atoms with E-state index in [1.807, 2.05) is 36.9 Å². The van der Waals surface area contributed by atoms with E-state index in [2.05, 4.69) is 4.98 Å². The summed E-state index contributed by atoms with van der Waals surface area (Å²) >= 11 is 0. The van der Waals surface area contributed by atoms with Gasteiger partial charge in [-0.3, -0.25) is 0 Å². The third kappa shape index (κ3) is 1.19. The molecular weight excluding hydrogens is 112 g/mol. The Kier molecular flexibility index (Phi) is 1.68. The standard InChI is InChI=1S/C7H10N2/c1-3-4-7-8-5-6-9(7)2/h3-6H,1-2H3/b4-3-. The Morgan fingerprint density at radius 2 is 2.44 bits per heavy atom. The highest BCUT2D eigenvalue weighted by Gasteiger charge is 1.88. The summed E-state index contributed by atoms with van der Waals surface area (Å²) in [6.07, 6.45) is 7.66. The summed E-state index contributed by atoms with van der Waals surface area (Å²) in [5, 5.41) is 0. The minimum absolute atomic E-state index is 0.998. The highest BCUT2D eigenvalue weighted by molar-refractivity contribution is 5.39. The summed E-state index contributed by atoms with van der Waals surface area (Å²) in [6, 6.07) is 0. The van der Waals surface area contributed by atoms with Gasteiger partial charge >= 0.3 is 0 Å². The van der Waals surface area contributed by atoms with E-state index >= 15 is 0 Å². The van der Waals surface area contributed by atoms with Gasteiger partial charge in [0.1, 0.15) is 5.82 Å². The molecule has 0 aliphatic heterocycles. The molecule has 48 valence electrons. The molecule has 0 aliphatic rings. The molecule has 0 fully saturated rings. The van der Waals surface area contributed by atoms with E-state index in [0.29, 0.717) is 0 Å². The molecule has 1 heterocycles. The van der Waals surface area contributed by atoms with E-state index in [4.69, 9.17) is 0 Å². The number of hydrogen-bond donors (Lipinski definition) is 0. The number of hydrogen-bond acceptors (Lipinski definition) is 1. The second-order valence-electron chi connectivity index (χ2n) is 1.90. The SMILES string of the molecule is C/C=C\c1nccn1C. The van der Waals surface area contributed by atoms with Gasteiger partial charge in [0.05, 0.1) is 0 Å². The summed E-state index contributed by atoms with van der Waals surface area (Å²) in [5.41, 5.74) is 0. The molecule has 0 aromatic carbocycles. The molecule has 2 nitrogen and oxygen atoms in total. The minimum Gasteiger partial charge on any atom is -0.335 e. The topological polar surface area (TPSA) is 17.8 Å². The van der Waals surface area contributed by atoms with Crippen molar-refractivity contribution in [1.29, 1.82) is 0 Å². The van der Waals surface area contributed by atoms with Crippen molar-refractivity contribution in [3.8, 4) is 0 Å². The second-order valence-corrected chi connectivity index (χ2v) is 1.90. The van der Waals surface area contributed by atoms with Crippen molar-refractivity contribution < 1.29 is 0 Å². The molecular formula is C7H10N2. The number of imidazole rings is 1. The van der Waals surface area contributed by atoms with Crippen LogP contribution in [-0.4, -0.2) is 9.55 Å². The second kappa shape index (κ2) is 2.49. The molecule has 1 aromatic heterocycles. The molecule has 0 spiro atoms. The van der Waals surface area contributed by atoms with Crippen LogP contribution in [0.4, 0.5) is 0 Å². The molecule has 0 radical (unpaired) electrons. The van der Waals surface area contributed by atoms with Gasteiger partial charge in [0, 0.05) is 19.4 Å².